The maximum absolute atomic E-state index is 13.5. The second kappa shape index (κ2) is 8.88. The second-order valence-corrected chi connectivity index (χ2v) is 10.8. The van der Waals surface area contributed by atoms with Gasteiger partial charge in [-0.3, -0.25) is 14.1 Å². The molecule has 0 aromatic carbocycles. The van der Waals surface area contributed by atoms with Gasteiger partial charge >= 0.3 is 6.08 Å². The molecule has 8 heteroatoms. The summed E-state index contributed by atoms with van der Waals surface area (Å²) in [6.45, 7) is 5.18. The zero-order valence-electron chi connectivity index (χ0n) is 19.2. The number of Topliss-reactive ketones (excluding diaryl/α,β-unsaturated/α-hetero) is 1. The van der Waals surface area contributed by atoms with Gasteiger partial charge < -0.3 is 15.0 Å². The average molecular weight is 433 g/mol. The fraction of sp³-hybridized carbons (Fsp3) is 0.826. The van der Waals surface area contributed by atoms with Crippen molar-refractivity contribution in [2.24, 2.45) is 29.1 Å². The molecule has 4 aliphatic carbocycles. The third kappa shape index (κ3) is 4.94. The first-order valence-electron chi connectivity index (χ1n) is 11.7. The number of aromatic nitrogens is 2. The highest BCUT2D eigenvalue weighted by Crippen LogP contribution is 2.60. The van der Waals surface area contributed by atoms with Crippen molar-refractivity contribution < 1.29 is 18.8 Å². The number of rotatable bonds is 10. The van der Waals surface area contributed by atoms with Gasteiger partial charge in [0, 0.05) is 12.0 Å². The maximum Gasteiger partial charge on any atom is 0.417 e. The van der Waals surface area contributed by atoms with Crippen LogP contribution in [0.5, 0.6) is 6.08 Å². The van der Waals surface area contributed by atoms with E-state index in [0.717, 1.165) is 19.3 Å². The smallest absolute Gasteiger partial charge is 0.417 e. The SMILES string of the molecule is CC(C)CC(NC(=O)C12CC3CC(CC(C3)C1)C2)C(=O)c1noc(OCCN(C)C)n1. The molecule has 4 aliphatic rings. The molecular formula is C23H36N4O4. The molecule has 1 heterocycles. The van der Waals surface area contributed by atoms with Gasteiger partial charge in [-0.1, -0.05) is 13.8 Å². The zero-order valence-corrected chi connectivity index (χ0v) is 19.2. The van der Waals surface area contributed by atoms with Gasteiger partial charge in [-0.15, -0.1) is 4.98 Å². The highest BCUT2D eigenvalue weighted by molar-refractivity contribution is 5.99. The summed E-state index contributed by atoms with van der Waals surface area (Å²) in [7, 11) is 3.88. The van der Waals surface area contributed by atoms with Crippen molar-refractivity contribution >= 4 is 11.7 Å². The molecule has 172 valence electrons. The molecule has 31 heavy (non-hydrogen) atoms. The molecule has 5 rings (SSSR count). The average Bonchev–Trinajstić information content (AvgIpc) is 3.14. The summed E-state index contributed by atoms with van der Waals surface area (Å²) in [5.74, 6) is 1.99. The molecule has 1 atom stereocenters. The maximum atomic E-state index is 13.5. The number of hydrogen-bond acceptors (Lipinski definition) is 7. The Kier molecular flexibility index (Phi) is 6.37. The van der Waals surface area contributed by atoms with Gasteiger partial charge in [-0.05, 0) is 87.9 Å². The molecule has 1 N–H and O–H groups in total. The quantitative estimate of drug-likeness (QED) is 0.568. The first-order valence-corrected chi connectivity index (χ1v) is 11.7. The van der Waals surface area contributed by atoms with Crippen LogP contribution >= 0.6 is 0 Å². The van der Waals surface area contributed by atoms with Gasteiger partial charge in [-0.25, -0.2) is 0 Å². The van der Waals surface area contributed by atoms with Crippen LogP contribution in [0.3, 0.4) is 0 Å². The lowest BCUT2D eigenvalue weighted by atomic mass is 9.49. The van der Waals surface area contributed by atoms with Crippen LogP contribution in [-0.4, -0.2) is 60.0 Å². The number of ketones is 1. The van der Waals surface area contributed by atoms with Crippen molar-refractivity contribution in [2.75, 3.05) is 27.2 Å². The number of amides is 1. The van der Waals surface area contributed by atoms with E-state index in [9.17, 15) is 9.59 Å². The van der Waals surface area contributed by atoms with Crippen LogP contribution in [0.4, 0.5) is 0 Å². The van der Waals surface area contributed by atoms with Crippen LogP contribution in [-0.2, 0) is 4.79 Å². The Morgan fingerprint density at radius 1 is 1.16 bits per heavy atom. The van der Waals surface area contributed by atoms with E-state index in [0.29, 0.717) is 37.3 Å². The molecule has 4 bridgehead atoms. The zero-order chi connectivity index (χ0) is 22.2. The summed E-state index contributed by atoms with van der Waals surface area (Å²) < 4.78 is 10.5. The van der Waals surface area contributed by atoms with Crippen molar-refractivity contribution in [1.29, 1.82) is 0 Å². The molecule has 0 aliphatic heterocycles. The fourth-order valence-corrected chi connectivity index (χ4v) is 6.24. The number of nitrogens with zero attached hydrogens (tertiary/aromatic N) is 3. The van der Waals surface area contributed by atoms with Gasteiger partial charge in [0.05, 0.1) is 6.04 Å². The Morgan fingerprint density at radius 2 is 1.77 bits per heavy atom. The topological polar surface area (TPSA) is 97.6 Å². The third-order valence-corrected chi connectivity index (χ3v) is 7.24. The summed E-state index contributed by atoms with van der Waals surface area (Å²) in [5, 5.41) is 6.93. The van der Waals surface area contributed by atoms with E-state index in [1.807, 2.05) is 32.8 Å². The standard InChI is InChI=1S/C23H36N4O4/c1-14(2)7-18(19(28)20-25-22(31-26-20)30-6-5-27(3)4)24-21(29)23-11-15-8-16(12-23)10-17(9-15)13-23/h14-18H,5-13H2,1-4H3,(H,24,29). The van der Waals surface area contributed by atoms with Crippen molar-refractivity contribution in [3.8, 4) is 6.08 Å². The van der Waals surface area contributed by atoms with E-state index >= 15 is 0 Å². The summed E-state index contributed by atoms with van der Waals surface area (Å²) >= 11 is 0. The van der Waals surface area contributed by atoms with Gasteiger partial charge in [0.25, 0.3) is 0 Å². The molecule has 1 unspecified atom stereocenters. The first-order chi connectivity index (χ1) is 14.7. The summed E-state index contributed by atoms with van der Waals surface area (Å²) in [5.41, 5.74) is -0.290. The Bertz CT molecular complexity index is 768. The van der Waals surface area contributed by atoms with E-state index in [-0.39, 0.29) is 34.9 Å². The van der Waals surface area contributed by atoms with Crippen molar-refractivity contribution in [3.05, 3.63) is 5.82 Å². The molecule has 1 aromatic heterocycles. The van der Waals surface area contributed by atoms with Gasteiger partial charge in [0.15, 0.2) is 0 Å². The number of carbonyl (C=O) groups is 2. The van der Waals surface area contributed by atoms with E-state index in [2.05, 4.69) is 15.5 Å². The molecule has 1 aromatic rings. The predicted octanol–water partition coefficient (Wildman–Crippen LogP) is 2.94. The highest BCUT2D eigenvalue weighted by atomic mass is 16.6. The van der Waals surface area contributed by atoms with Crippen LogP contribution in [0.15, 0.2) is 4.52 Å². The number of nitrogens with one attached hydrogen (secondary N) is 1. The molecule has 0 radical (unpaired) electrons. The number of hydrogen-bond donors (Lipinski definition) is 1. The minimum absolute atomic E-state index is 0.0130. The van der Waals surface area contributed by atoms with Gasteiger partial charge in [0.2, 0.25) is 17.5 Å². The summed E-state index contributed by atoms with van der Waals surface area (Å²) in [6, 6.07) is -0.646. The van der Waals surface area contributed by atoms with Crippen molar-refractivity contribution in [2.45, 2.75) is 64.8 Å². The fourth-order valence-electron chi connectivity index (χ4n) is 6.24. The lowest BCUT2D eigenvalue weighted by Crippen LogP contribution is -2.56. The summed E-state index contributed by atoms with van der Waals surface area (Å²) in [4.78, 5) is 32.7. The normalized spacial score (nSPS) is 30.1. The Labute approximate surface area is 184 Å². The van der Waals surface area contributed by atoms with E-state index in [4.69, 9.17) is 9.26 Å². The van der Waals surface area contributed by atoms with Crippen LogP contribution in [0.2, 0.25) is 0 Å². The minimum Gasteiger partial charge on any atom is -0.447 e. The second-order valence-electron chi connectivity index (χ2n) is 10.8. The molecule has 8 nitrogen and oxygen atoms in total. The molecule has 0 saturated heterocycles. The van der Waals surface area contributed by atoms with Crippen LogP contribution in [0, 0.1) is 29.1 Å². The van der Waals surface area contributed by atoms with Crippen LogP contribution in [0.25, 0.3) is 0 Å². The molecule has 0 spiro atoms. The predicted molar refractivity (Wildman–Crippen MR) is 115 cm³/mol. The lowest BCUT2D eigenvalue weighted by molar-refractivity contribution is -0.146. The number of carbonyl (C=O) groups excluding carboxylic acids is 2. The Balaban J connectivity index is 1.43. The van der Waals surface area contributed by atoms with Crippen molar-refractivity contribution in [3.63, 3.8) is 0 Å². The van der Waals surface area contributed by atoms with Gasteiger partial charge in [-0.2, -0.15) is 0 Å². The van der Waals surface area contributed by atoms with Crippen LogP contribution < -0.4 is 10.1 Å². The number of likely N-dealkylation sites (N-methyl/N-ethyl adjacent to an activating group) is 1. The molecular weight excluding hydrogens is 396 g/mol. The lowest BCUT2D eigenvalue weighted by Gasteiger charge is -2.55. The van der Waals surface area contributed by atoms with Crippen LogP contribution in [0.1, 0.15) is 69.4 Å². The largest absolute Gasteiger partial charge is 0.447 e. The van der Waals surface area contributed by atoms with E-state index in [1.54, 1.807) is 0 Å². The van der Waals surface area contributed by atoms with Crippen molar-refractivity contribution in [1.82, 2.24) is 20.4 Å². The monoisotopic (exact) mass is 432 g/mol. The molecule has 4 saturated carbocycles. The third-order valence-electron chi connectivity index (χ3n) is 7.24. The Hall–Kier alpha value is -1.96. The highest BCUT2D eigenvalue weighted by Gasteiger charge is 2.55. The Morgan fingerprint density at radius 3 is 2.32 bits per heavy atom. The van der Waals surface area contributed by atoms with Gasteiger partial charge in [0.1, 0.15) is 6.61 Å². The summed E-state index contributed by atoms with van der Waals surface area (Å²) in [6.07, 6.45) is 7.28. The molecule has 4 fully saturated rings. The minimum atomic E-state index is -0.646. The van der Waals surface area contributed by atoms with E-state index in [1.165, 1.54) is 19.3 Å². The first kappa shape index (κ1) is 22.2. The molecule has 1 amide bonds. The van der Waals surface area contributed by atoms with E-state index < -0.39 is 6.04 Å². The number of ether oxygens (including phenoxy) is 1.